The number of nitrogens with zero attached hydrogens (tertiary/aromatic N) is 3. The summed E-state index contributed by atoms with van der Waals surface area (Å²) in [5, 5.41) is 11.7. The van der Waals surface area contributed by atoms with Crippen molar-refractivity contribution in [1.82, 2.24) is 0 Å². The van der Waals surface area contributed by atoms with Gasteiger partial charge in [0.25, 0.3) is 0 Å². The Morgan fingerprint density at radius 2 is 2.29 bits per heavy atom. The predicted octanol–water partition coefficient (Wildman–Crippen LogP) is 2.82. The summed E-state index contributed by atoms with van der Waals surface area (Å²) in [4.78, 5) is 12.7. The van der Waals surface area contributed by atoms with Gasteiger partial charge in [0, 0.05) is 10.6 Å². The molecule has 0 heterocycles. The molecule has 72 valence electrons. The smallest absolute Gasteiger partial charge is 0.450 e. The molecule has 0 fully saturated rings. The number of carboxylic acid groups (broad SMARTS) is 1. The van der Waals surface area contributed by atoms with E-state index in [0.717, 1.165) is 0 Å². The summed E-state index contributed by atoms with van der Waals surface area (Å²) in [6.07, 6.45) is -1.36. The molecular weight excluding hydrogens is 186 g/mol. The molecule has 0 spiro atoms. The molecule has 0 amide bonds. The summed E-state index contributed by atoms with van der Waals surface area (Å²) >= 11 is 0. The first kappa shape index (κ1) is 9.88. The van der Waals surface area contributed by atoms with Crippen LogP contribution in [0.3, 0.4) is 0 Å². The van der Waals surface area contributed by atoms with Crippen molar-refractivity contribution in [1.29, 1.82) is 0 Å². The number of rotatable bonds is 3. The minimum atomic E-state index is -1.36. The molecule has 0 saturated heterocycles. The molecule has 0 aliphatic heterocycles. The molecular formula is C8H7N3O3. The second-order valence-electron chi connectivity index (χ2n) is 2.37. The standard InChI is InChI=1S/C8H7N3O3/c9-11-10-7-4-2-1-3-6(7)5-14-8(12)13/h1-4H,5H2,(H,12,13). The van der Waals surface area contributed by atoms with Gasteiger partial charge in [-0.05, 0) is 11.1 Å². The SMILES string of the molecule is [N-]=[N+]=Nc1ccccc1COC(=O)O. The van der Waals surface area contributed by atoms with Crippen LogP contribution in [0.1, 0.15) is 5.56 Å². The van der Waals surface area contributed by atoms with Crippen molar-refractivity contribution < 1.29 is 14.6 Å². The Bertz CT molecular complexity index is 385. The van der Waals surface area contributed by atoms with Gasteiger partial charge in [-0.1, -0.05) is 29.4 Å². The van der Waals surface area contributed by atoms with E-state index < -0.39 is 6.16 Å². The molecule has 1 N–H and O–H groups in total. The van der Waals surface area contributed by atoms with Crippen molar-refractivity contribution in [2.45, 2.75) is 6.61 Å². The van der Waals surface area contributed by atoms with Crippen molar-refractivity contribution in [2.24, 2.45) is 5.11 Å². The molecule has 6 nitrogen and oxygen atoms in total. The Balaban J connectivity index is 2.84. The van der Waals surface area contributed by atoms with Gasteiger partial charge < -0.3 is 9.84 Å². The zero-order valence-corrected chi connectivity index (χ0v) is 7.12. The summed E-state index contributed by atoms with van der Waals surface area (Å²) in [5.41, 5.74) is 9.13. The molecule has 0 aromatic heterocycles. The average Bonchev–Trinajstić information content (AvgIpc) is 2.17. The molecule has 0 aliphatic carbocycles. The third-order valence-corrected chi connectivity index (χ3v) is 1.50. The fraction of sp³-hybridized carbons (Fsp3) is 0.125. The lowest BCUT2D eigenvalue weighted by molar-refractivity contribution is 0.0855. The molecule has 0 atom stereocenters. The van der Waals surface area contributed by atoms with Crippen LogP contribution in [0.5, 0.6) is 0 Å². The van der Waals surface area contributed by atoms with Gasteiger partial charge in [0.15, 0.2) is 0 Å². The monoisotopic (exact) mass is 193 g/mol. The van der Waals surface area contributed by atoms with Crippen molar-refractivity contribution in [3.05, 3.63) is 40.3 Å². The number of hydrogen-bond acceptors (Lipinski definition) is 3. The number of carbonyl (C=O) groups is 1. The number of benzene rings is 1. The quantitative estimate of drug-likeness (QED) is 0.346. The molecule has 0 bridgehead atoms. The Kier molecular flexibility index (Phi) is 3.34. The van der Waals surface area contributed by atoms with E-state index in [-0.39, 0.29) is 6.61 Å². The topological polar surface area (TPSA) is 95.3 Å². The Hall–Kier alpha value is -2.20. The first-order valence-corrected chi connectivity index (χ1v) is 3.73. The number of hydrogen-bond donors (Lipinski definition) is 1. The lowest BCUT2D eigenvalue weighted by Crippen LogP contribution is -1.99. The van der Waals surface area contributed by atoms with E-state index in [0.29, 0.717) is 11.3 Å². The van der Waals surface area contributed by atoms with Gasteiger partial charge in [0.2, 0.25) is 0 Å². The highest BCUT2D eigenvalue weighted by Crippen LogP contribution is 2.19. The third kappa shape index (κ3) is 2.69. The molecule has 0 unspecified atom stereocenters. The van der Waals surface area contributed by atoms with Gasteiger partial charge in [0.05, 0.1) is 0 Å². The zero-order valence-electron chi connectivity index (χ0n) is 7.12. The maximum atomic E-state index is 10.1. The first-order chi connectivity index (χ1) is 6.74. The van der Waals surface area contributed by atoms with Gasteiger partial charge >= 0.3 is 6.16 Å². The normalized spacial score (nSPS) is 8.86. The lowest BCUT2D eigenvalue weighted by atomic mass is 10.2. The summed E-state index contributed by atoms with van der Waals surface area (Å²) < 4.78 is 4.35. The van der Waals surface area contributed by atoms with Gasteiger partial charge in [-0.2, -0.15) is 0 Å². The van der Waals surface area contributed by atoms with Crippen molar-refractivity contribution in [3.63, 3.8) is 0 Å². The molecule has 0 radical (unpaired) electrons. The first-order valence-electron chi connectivity index (χ1n) is 3.73. The van der Waals surface area contributed by atoms with Crippen LogP contribution < -0.4 is 0 Å². The van der Waals surface area contributed by atoms with Gasteiger partial charge in [-0.25, -0.2) is 4.79 Å². The van der Waals surface area contributed by atoms with Crippen LogP contribution in [0.15, 0.2) is 29.4 Å². The van der Waals surface area contributed by atoms with Gasteiger partial charge in [-0.15, -0.1) is 0 Å². The molecule has 0 aliphatic rings. The fourth-order valence-corrected chi connectivity index (χ4v) is 0.918. The van der Waals surface area contributed by atoms with E-state index in [4.69, 9.17) is 10.6 Å². The summed E-state index contributed by atoms with van der Waals surface area (Å²) in [6.45, 7) is -0.121. The predicted molar refractivity (Wildman–Crippen MR) is 48.1 cm³/mol. The van der Waals surface area contributed by atoms with Crippen LogP contribution in [-0.2, 0) is 11.3 Å². The zero-order chi connectivity index (χ0) is 10.4. The van der Waals surface area contributed by atoms with Gasteiger partial charge in [0.1, 0.15) is 6.61 Å². The summed E-state index contributed by atoms with van der Waals surface area (Å²) in [6, 6.07) is 6.61. The van der Waals surface area contributed by atoms with Crippen LogP contribution in [0.25, 0.3) is 10.4 Å². The van der Waals surface area contributed by atoms with E-state index >= 15 is 0 Å². The van der Waals surface area contributed by atoms with Crippen molar-refractivity contribution >= 4 is 11.8 Å². The molecule has 1 rings (SSSR count). The highest BCUT2D eigenvalue weighted by atomic mass is 16.7. The number of ether oxygens (including phenoxy) is 1. The third-order valence-electron chi connectivity index (χ3n) is 1.50. The van der Waals surface area contributed by atoms with E-state index in [1.54, 1.807) is 24.3 Å². The highest BCUT2D eigenvalue weighted by molar-refractivity contribution is 5.57. The van der Waals surface area contributed by atoms with Crippen LogP contribution in [0.4, 0.5) is 10.5 Å². The Labute approximate surface area is 79.4 Å². The lowest BCUT2D eigenvalue weighted by Gasteiger charge is -2.03. The molecule has 1 aromatic carbocycles. The summed E-state index contributed by atoms with van der Waals surface area (Å²) in [5.74, 6) is 0. The van der Waals surface area contributed by atoms with Crippen molar-refractivity contribution in [2.75, 3.05) is 0 Å². The fourth-order valence-electron chi connectivity index (χ4n) is 0.918. The second-order valence-corrected chi connectivity index (χ2v) is 2.37. The molecule has 0 saturated carbocycles. The van der Waals surface area contributed by atoms with Crippen molar-refractivity contribution in [3.8, 4) is 0 Å². The highest BCUT2D eigenvalue weighted by Gasteiger charge is 2.02. The van der Waals surface area contributed by atoms with E-state index in [1.165, 1.54) is 0 Å². The largest absolute Gasteiger partial charge is 0.506 e. The molecule has 14 heavy (non-hydrogen) atoms. The minimum Gasteiger partial charge on any atom is -0.450 e. The minimum absolute atomic E-state index is 0.121. The van der Waals surface area contributed by atoms with Crippen LogP contribution in [-0.4, -0.2) is 11.3 Å². The molecule has 1 aromatic rings. The summed E-state index contributed by atoms with van der Waals surface area (Å²) in [7, 11) is 0. The second kappa shape index (κ2) is 4.74. The molecule has 6 heteroatoms. The van der Waals surface area contributed by atoms with E-state index in [2.05, 4.69) is 14.8 Å². The van der Waals surface area contributed by atoms with Crippen LogP contribution in [0, 0.1) is 0 Å². The van der Waals surface area contributed by atoms with Crippen LogP contribution in [0.2, 0.25) is 0 Å². The van der Waals surface area contributed by atoms with E-state index in [1.807, 2.05) is 0 Å². The average molecular weight is 193 g/mol. The Morgan fingerprint density at radius 1 is 1.57 bits per heavy atom. The maximum Gasteiger partial charge on any atom is 0.506 e. The Morgan fingerprint density at radius 3 is 2.93 bits per heavy atom. The maximum absolute atomic E-state index is 10.1. The van der Waals surface area contributed by atoms with E-state index in [9.17, 15) is 4.79 Å². The number of azide groups is 1. The van der Waals surface area contributed by atoms with Gasteiger partial charge in [-0.3, -0.25) is 0 Å². The van der Waals surface area contributed by atoms with Crippen LogP contribution >= 0.6 is 0 Å².